The largest absolute Gasteiger partial charge is 0.477 e. The second kappa shape index (κ2) is 3.96. The zero-order valence-corrected chi connectivity index (χ0v) is 9.82. The third kappa shape index (κ3) is 1.78. The standard InChI is InChI=1S/C13H7F3N2O2/c14-13(15,16)11-10-7(5-9(18-11)12(19)20)6-3-1-2-4-8(6)17-10/h1-5,17H,(H,19,20). The monoisotopic (exact) mass is 280 g/mol. The molecule has 2 N–H and O–H groups in total. The Morgan fingerprint density at radius 1 is 1.20 bits per heavy atom. The maximum absolute atomic E-state index is 13.0. The Hall–Kier alpha value is -2.57. The molecule has 3 rings (SSSR count). The predicted octanol–water partition coefficient (Wildman–Crippen LogP) is 3.43. The fourth-order valence-corrected chi connectivity index (χ4v) is 2.16. The molecule has 0 unspecified atom stereocenters. The zero-order valence-electron chi connectivity index (χ0n) is 9.82. The van der Waals surface area contributed by atoms with Crippen LogP contribution in [0.5, 0.6) is 0 Å². The molecule has 0 spiro atoms. The average Bonchev–Trinajstić information content (AvgIpc) is 2.74. The predicted molar refractivity (Wildman–Crippen MR) is 65.6 cm³/mol. The molecule has 102 valence electrons. The molecule has 4 nitrogen and oxygen atoms in total. The highest BCUT2D eigenvalue weighted by Gasteiger charge is 2.36. The molecule has 0 atom stereocenters. The van der Waals surface area contributed by atoms with Gasteiger partial charge in [-0.3, -0.25) is 0 Å². The smallest absolute Gasteiger partial charge is 0.435 e. The van der Waals surface area contributed by atoms with Crippen molar-refractivity contribution in [3.05, 3.63) is 41.7 Å². The van der Waals surface area contributed by atoms with Gasteiger partial charge in [0.15, 0.2) is 5.69 Å². The highest BCUT2D eigenvalue weighted by Crippen LogP contribution is 2.36. The van der Waals surface area contributed by atoms with E-state index < -0.39 is 23.5 Å². The van der Waals surface area contributed by atoms with Crippen LogP contribution in [-0.4, -0.2) is 21.0 Å². The van der Waals surface area contributed by atoms with Crippen LogP contribution in [0.4, 0.5) is 13.2 Å². The van der Waals surface area contributed by atoms with Gasteiger partial charge in [-0.05, 0) is 12.1 Å². The number of aromatic carboxylic acids is 1. The number of H-pyrrole nitrogens is 1. The fourth-order valence-electron chi connectivity index (χ4n) is 2.16. The van der Waals surface area contributed by atoms with Gasteiger partial charge in [-0.2, -0.15) is 13.2 Å². The van der Waals surface area contributed by atoms with Crippen LogP contribution in [0.15, 0.2) is 30.3 Å². The van der Waals surface area contributed by atoms with Gasteiger partial charge in [0.1, 0.15) is 5.69 Å². The van der Waals surface area contributed by atoms with Crippen molar-refractivity contribution in [3.63, 3.8) is 0 Å². The average molecular weight is 280 g/mol. The molecule has 0 fully saturated rings. The number of carboxylic acid groups (broad SMARTS) is 1. The summed E-state index contributed by atoms with van der Waals surface area (Å²) in [6, 6.07) is 7.74. The number of hydrogen-bond acceptors (Lipinski definition) is 2. The van der Waals surface area contributed by atoms with E-state index in [2.05, 4.69) is 9.97 Å². The summed E-state index contributed by atoms with van der Waals surface area (Å²) in [6.45, 7) is 0. The topological polar surface area (TPSA) is 66.0 Å². The molecule has 0 aliphatic carbocycles. The van der Waals surface area contributed by atoms with Gasteiger partial charge in [0.25, 0.3) is 0 Å². The first-order valence-corrected chi connectivity index (χ1v) is 5.60. The van der Waals surface area contributed by atoms with Crippen LogP contribution in [-0.2, 0) is 6.18 Å². The Morgan fingerprint density at radius 2 is 1.90 bits per heavy atom. The summed E-state index contributed by atoms with van der Waals surface area (Å²) < 4.78 is 39.0. The van der Waals surface area contributed by atoms with E-state index in [1.807, 2.05) is 0 Å². The third-order valence-electron chi connectivity index (χ3n) is 2.98. The molecule has 2 heterocycles. The SMILES string of the molecule is O=C(O)c1cc2c([nH]c3ccccc32)c(C(F)(F)F)n1. The van der Waals surface area contributed by atoms with Crippen molar-refractivity contribution in [2.24, 2.45) is 0 Å². The molecule has 0 saturated carbocycles. The van der Waals surface area contributed by atoms with Crippen molar-refractivity contribution in [2.45, 2.75) is 6.18 Å². The molecule has 0 amide bonds. The molecule has 0 saturated heterocycles. The van der Waals surface area contributed by atoms with E-state index in [9.17, 15) is 18.0 Å². The lowest BCUT2D eigenvalue weighted by Crippen LogP contribution is -2.12. The Bertz CT molecular complexity index is 837. The van der Waals surface area contributed by atoms with E-state index in [1.54, 1.807) is 24.3 Å². The first-order valence-electron chi connectivity index (χ1n) is 5.60. The Kier molecular flexibility index (Phi) is 2.47. The molecule has 0 aliphatic rings. The number of nitrogens with zero attached hydrogens (tertiary/aromatic N) is 1. The minimum atomic E-state index is -4.73. The second-order valence-electron chi connectivity index (χ2n) is 4.25. The summed E-state index contributed by atoms with van der Waals surface area (Å²) in [4.78, 5) is 16.8. The van der Waals surface area contributed by atoms with Crippen molar-refractivity contribution < 1.29 is 23.1 Å². The van der Waals surface area contributed by atoms with Crippen molar-refractivity contribution in [1.29, 1.82) is 0 Å². The van der Waals surface area contributed by atoms with Crippen LogP contribution in [0.2, 0.25) is 0 Å². The van der Waals surface area contributed by atoms with Gasteiger partial charge in [0.05, 0.1) is 5.52 Å². The number of carbonyl (C=O) groups is 1. The second-order valence-corrected chi connectivity index (χ2v) is 4.25. The minimum Gasteiger partial charge on any atom is -0.477 e. The number of aromatic amines is 1. The molecule has 3 aromatic rings. The lowest BCUT2D eigenvalue weighted by molar-refractivity contribution is -0.139. The quantitative estimate of drug-likeness (QED) is 0.717. The zero-order chi connectivity index (χ0) is 14.5. The van der Waals surface area contributed by atoms with Crippen LogP contribution in [0.25, 0.3) is 21.8 Å². The Morgan fingerprint density at radius 3 is 2.55 bits per heavy atom. The van der Waals surface area contributed by atoms with Crippen LogP contribution >= 0.6 is 0 Å². The minimum absolute atomic E-state index is 0.195. The molecular weight excluding hydrogens is 273 g/mol. The number of nitrogens with one attached hydrogen (secondary N) is 1. The fraction of sp³-hybridized carbons (Fsp3) is 0.0769. The summed E-state index contributed by atoms with van der Waals surface area (Å²) in [5.74, 6) is -1.50. The van der Waals surface area contributed by atoms with E-state index in [4.69, 9.17) is 5.11 Å². The Labute approximate surface area is 109 Å². The number of fused-ring (bicyclic) bond motifs is 3. The van der Waals surface area contributed by atoms with Gasteiger partial charge >= 0.3 is 12.1 Å². The Balaban J connectivity index is 2.50. The first-order chi connectivity index (χ1) is 9.38. The van der Waals surface area contributed by atoms with Gasteiger partial charge in [-0.15, -0.1) is 0 Å². The van der Waals surface area contributed by atoms with Crippen molar-refractivity contribution in [3.8, 4) is 0 Å². The van der Waals surface area contributed by atoms with E-state index >= 15 is 0 Å². The summed E-state index contributed by atoms with van der Waals surface area (Å²) >= 11 is 0. The number of carboxylic acids is 1. The van der Waals surface area contributed by atoms with E-state index in [0.29, 0.717) is 10.9 Å². The number of pyridine rings is 1. The molecule has 0 radical (unpaired) electrons. The molecule has 7 heteroatoms. The molecular formula is C13H7F3N2O2. The lowest BCUT2D eigenvalue weighted by atomic mass is 10.1. The van der Waals surface area contributed by atoms with Crippen molar-refractivity contribution >= 4 is 27.8 Å². The molecule has 0 aliphatic heterocycles. The van der Waals surface area contributed by atoms with E-state index in [1.165, 1.54) is 0 Å². The van der Waals surface area contributed by atoms with Crippen LogP contribution < -0.4 is 0 Å². The lowest BCUT2D eigenvalue weighted by Gasteiger charge is -2.08. The summed E-state index contributed by atoms with van der Waals surface area (Å²) in [6.07, 6.45) is -4.73. The highest BCUT2D eigenvalue weighted by molar-refractivity contribution is 6.09. The summed E-state index contributed by atoms with van der Waals surface area (Å²) in [5.41, 5.74) is -1.56. The highest BCUT2D eigenvalue weighted by atomic mass is 19.4. The third-order valence-corrected chi connectivity index (χ3v) is 2.98. The first kappa shape index (κ1) is 12.5. The van der Waals surface area contributed by atoms with Gasteiger partial charge in [0.2, 0.25) is 0 Å². The molecule has 0 bridgehead atoms. The molecule has 20 heavy (non-hydrogen) atoms. The number of aromatic nitrogens is 2. The number of alkyl halides is 3. The maximum Gasteiger partial charge on any atom is 0.435 e. The van der Waals surface area contributed by atoms with Crippen molar-refractivity contribution in [1.82, 2.24) is 9.97 Å². The normalized spacial score (nSPS) is 12.2. The summed E-state index contributed by atoms with van der Waals surface area (Å²) in [5, 5.41) is 9.62. The van der Waals surface area contributed by atoms with Gasteiger partial charge < -0.3 is 10.1 Å². The van der Waals surface area contributed by atoms with Crippen LogP contribution in [0, 0.1) is 0 Å². The van der Waals surface area contributed by atoms with Crippen LogP contribution in [0.3, 0.4) is 0 Å². The van der Waals surface area contributed by atoms with Crippen molar-refractivity contribution in [2.75, 3.05) is 0 Å². The van der Waals surface area contributed by atoms with E-state index in [0.717, 1.165) is 6.07 Å². The molecule has 2 aromatic heterocycles. The van der Waals surface area contributed by atoms with Gasteiger partial charge in [0, 0.05) is 16.3 Å². The van der Waals surface area contributed by atoms with Gasteiger partial charge in [-0.25, -0.2) is 9.78 Å². The van der Waals surface area contributed by atoms with E-state index in [-0.39, 0.29) is 10.9 Å². The number of benzene rings is 1. The number of rotatable bonds is 1. The van der Waals surface area contributed by atoms with Gasteiger partial charge in [-0.1, -0.05) is 18.2 Å². The van der Waals surface area contributed by atoms with Crippen LogP contribution in [0.1, 0.15) is 16.2 Å². The maximum atomic E-state index is 13.0. The number of hydrogen-bond donors (Lipinski definition) is 2. The summed E-state index contributed by atoms with van der Waals surface area (Å²) in [7, 11) is 0. The molecule has 1 aromatic carbocycles. The number of halogens is 3. The number of para-hydroxylation sites is 1.